The van der Waals surface area contributed by atoms with Crippen LogP contribution in [0, 0.1) is 5.82 Å². The molecule has 0 unspecified atom stereocenters. The SMILES string of the molecule is O=C(c1ccncc1)c1cncc(F)c1. The van der Waals surface area contributed by atoms with E-state index >= 15 is 0 Å². The van der Waals surface area contributed by atoms with Crippen LogP contribution < -0.4 is 0 Å². The predicted octanol–water partition coefficient (Wildman–Crippen LogP) is 1.85. The summed E-state index contributed by atoms with van der Waals surface area (Å²) in [6.07, 6.45) is 5.43. The van der Waals surface area contributed by atoms with E-state index in [1.807, 2.05) is 0 Å². The molecule has 0 amide bonds. The number of halogens is 1. The van der Waals surface area contributed by atoms with Gasteiger partial charge in [0.2, 0.25) is 0 Å². The topological polar surface area (TPSA) is 42.9 Å². The fourth-order valence-corrected chi connectivity index (χ4v) is 1.21. The minimum absolute atomic E-state index is 0.237. The Kier molecular flexibility index (Phi) is 2.49. The van der Waals surface area contributed by atoms with Gasteiger partial charge in [0, 0.05) is 29.7 Å². The first-order valence-electron chi connectivity index (χ1n) is 4.32. The van der Waals surface area contributed by atoms with E-state index in [1.54, 1.807) is 12.1 Å². The van der Waals surface area contributed by atoms with E-state index in [1.165, 1.54) is 18.6 Å². The number of rotatable bonds is 2. The lowest BCUT2D eigenvalue weighted by molar-refractivity contribution is 0.103. The summed E-state index contributed by atoms with van der Waals surface area (Å²) in [5.74, 6) is -0.778. The van der Waals surface area contributed by atoms with E-state index in [2.05, 4.69) is 9.97 Å². The van der Waals surface area contributed by atoms with Gasteiger partial charge in [-0.2, -0.15) is 0 Å². The molecule has 2 heterocycles. The summed E-state index contributed by atoms with van der Waals surface area (Å²) in [6, 6.07) is 4.32. The summed E-state index contributed by atoms with van der Waals surface area (Å²) in [5.41, 5.74) is 0.707. The normalized spacial score (nSPS) is 9.93. The third-order valence-electron chi connectivity index (χ3n) is 1.91. The van der Waals surface area contributed by atoms with Crippen LogP contribution >= 0.6 is 0 Å². The molecule has 15 heavy (non-hydrogen) atoms. The van der Waals surface area contributed by atoms with Gasteiger partial charge >= 0.3 is 0 Å². The molecule has 0 aromatic carbocycles. The molecule has 0 spiro atoms. The number of carbonyl (C=O) groups excluding carboxylic acids is 1. The van der Waals surface area contributed by atoms with Crippen LogP contribution in [-0.4, -0.2) is 15.8 Å². The van der Waals surface area contributed by atoms with Crippen LogP contribution in [-0.2, 0) is 0 Å². The van der Waals surface area contributed by atoms with Crippen LogP contribution in [0.2, 0.25) is 0 Å². The third-order valence-corrected chi connectivity index (χ3v) is 1.91. The van der Waals surface area contributed by atoms with Crippen LogP contribution in [0.1, 0.15) is 15.9 Å². The Morgan fingerprint density at radius 1 is 1.07 bits per heavy atom. The van der Waals surface area contributed by atoms with Crippen LogP contribution in [0.15, 0.2) is 43.0 Å². The van der Waals surface area contributed by atoms with Crippen LogP contribution in [0.5, 0.6) is 0 Å². The molecule has 0 atom stereocenters. The monoisotopic (exact) mass is 202 g/mol. The summed E-state index contributed by atoms with van der Waals surface area (Å²) < 4.78 is 12.8. The summed E-state index contributed by atoms with van der Waals surface area (Å²) in [4.78, 5) is 19.2. The average Bonchev–Trinajstić information content (AvgIpc) is 2.29. The van der Waals surface area contributed by atoms with Crippen molar-refractivity contribution in [1.29, 1.82) is 0 Å². The molecule has 2 aromatic rings. The van der Waals surface area contributed by atoms with Crippen molar-refractivity contribution in [2.75, 3.05) is 0 Å². The third kappa shape index (κ3) is 2.04. The maximum absolute atomic E-state index is 12.8. The standard InChI is InChI=1S/C11H7FN2O/c12-10-5-9(6-14-7-10)11(15)8-1-3-13-4-2-8/h1-7H. The van der Waals surface area contributed by atoms with Crippen molar-refractivity contribution in [3.05, 3.63) is 59.9 Å². The van der Waals surface area contributed by atoms with E-state index in [-0.39, 0.29) is 11.3 Å². The number of hydrogen-bond acceptors (Lipinski definition) is 3. The van der Waals surface area contributed by atoms with Gasteiger partial charge in [-0.25, -0.2) is 4.39 Å². The van der Waals surface area contributed by atoms with E-state index < -0.39 is 5.82 Å². The summed E-state index contributed by atoms with van der Waals surface area (Å²) in [6.45, 7) is 0. The van der Waals surface area contributed by atoms with Gasteiger partial charge in [-0.05, 0) is 18.2 Å². The molecule has 2 aromatic heterocycles. The molecule has 0 N–H and O–H groups in total. The number of pyridine rings is 2. The highest BCUT2D eigenvalue weighted by molar-refractivity contribution is 6.08. The molecular weight excluding hydrogens is 195 g/mol. The zero-order valence-electron chi connectivity index (χ0n) is 7.72. The Balaban J connectivity index is 2.37. The highest BCUT2D eigenvalue weighted by atomic mass is 19.1. The minimum Gasteiger partial charge on any atom is -0.289 e. The molecule has 0 bridgehead atoms. The number of carbonyl (C=O) groups is 1. The minimum atomic E-state index is -0.519. The maximum Gasteiger partial charge on any atom is 0.194 e. The predicted molar refractivity (Wildman–Crippen MR) is 51.9 cm³/mol. The Morgan fingerprint density at radius 2 is 1.80 bits per heavy atom. The molecule has 2 rings (SSSR count). The Morgan fingerprint density at radius 3 is 2.47 bits per heavy atom. The van der Waals surface area contributed by atoms with Crippen molar-refractivity contribution in [1.82, 2.24) is 9.97 Å². The number of nitrogens with zero attached hydrogens (tertiary/aromatic N) is 2. The average molecular weight is 202 g/mol. The molecule has 74 valence electrons. The summed E-state index contributed by atoms with van der Waals surface area (Å²) >= 11 is 0. The summed E-state index contributed by atoms with van der Waals surface area (Å²) in [7, 11) is 0. The van der Waals surface area contributed by atoms with Crippen molar-refractivity contribution in [2.24, 2.45) is 0 Å². The fraction of sp³-hybridized carbons (Fsp3) is 0. The Labute approximate surface area is 85.6 Å². The largest absolute Gasteiger partial charge is 0.289 e. The molecular formula is C11H7FN2O. The van der Waals surface area contributed by atoms with Crippen LogP contribution in [0.3, 0.4) is 0 Å². The van der Waals surface area contributed by atoms with Gasteiger partial charge in [0.25, 0.3) is 0 Å². The summed E-state index contributed by atoms with van der Waals surface area (Å²) in [5, 5.41) is 0. The van der Waals surface area contributed by atoms with Gasteiger partial charge in [-0.15, -0.1) is 0 Å². The molecule has 0 aliphatic heterocycles. The molecule has 0 aliphatic carbocycles. The molecule has 0 radical (unpaired) electrons. The zero-order chi connectivity index (χ0) is 10.7. The number of hydrogen-bond donors (Lipinski definition) is 0. The molecule has 0 fully saturated rings. The maximum atomic E-state index is 12.8. The first kappa shape index (κ1) is 9.45. The van der Waals surface area contributed by atoms with E-state index in [9.17, 15) is 9.18 Å². The van der Waals surface area contributed by atoms with Gasteiger partial charge in [0.1, 0.15) is 5.82 Å². The van der Waals surface area contributed by atoms with Gasteiger partial charge in [0.05, 0.1) is 6.20 Å². The lowest BCUT2D eigenvalue weighted by atomic mass is 10.1. The quantitative estimate of drug-likeness (QED) is 0.698. The van der Waals surface area contributed by atoms with Crippen LogP contribution in [0.4, 0.5) is 4.39 Å². The molecule has 0 saturated carbocycles. The van der Waals surface area contributed by atoms with Crippen molar-refractivity contribution in [3.63, 3.8) is 0 Å². The highest BCUT2D eigenvalue weighted by Gasteiger charge is 2.09. The first-order chi connectivity index (χ1) is 7.27. The van der Waals surface area contributed by atoms with Crippen molar-refractivity contribution >= 4 is 5.78 Å². The second kappa shape index (κ2) is 3.96. The molecule has 0 aliphatic rings. The van der Waals surface area contributed by atoms with Gasteiger partial charge < -0.3 is 0 Å². The second-order valence-electron chi connectivity index (χ2n) is 2.96. The highest BCUT2D eigenvalue weighted by Crippen LogP contribution is 2.08. The van der Waals surface area contributed by atoms with E-state index in [4.69, 9.17) is 0 Å². The lowest BCUT2D eigenvalue weighted by Crippen LogP contribution is -2.02. The molecule has 0 saturated heterocycles. The first-order valence-corrected chi connectivity index (χ1v) is 4.32. The Bertz CT molecular complexity index is 485. The zero-order valence-corrected chi connectivity index (χ0v) is 7.72. The van der Waals surface area contributed by atoms with Crippen molar-refractivity contribution in [3.8, 4) is 0 Å². The number of aromatic nitrogens is 2. The fourth-order valence-electron chi connectivity index (χ4n) is 1.21. The number of ketones is 1. The van der Waals surface area contributed by atoms with Gasteiger partial charge in [0.15, 0.2) is 5.78 Å². The Hall–Kier alpha value is -2.10. The van der Waals surface area contributed by atoms with Crippen LogP contribution in [0.25, 0.3) is 0 Å². The van der Waals surface area contributed by atoms with Crippen molar-refractivity contribution < 1.29 is 9.18 Å². The lowest BCUT2D eigenvalue weighted by Gasteiger charge is -1.99. The van der Waals surface area contributed by atoms with E-state index in [0.717, 1.165) is 12.3 Å². The second-order valence-corrected chi connectivity index (χ2v) is 2.96. The smallest absolute Gasteiger partial charge is 0.194 e. The molecule has 4 heteroatoms. The molecule has 3 nitrogen and oxygen atoms in total. The van der Waals surface area contributed by atoms with Gasteiger partial charge in [-0.1, -0.05) is 0 Å². The van der Waals surface area contributed by atoms with E-state index in [0.29, 0.717) is 5.56 Å². The van der Waals surface area contributed by atoms with Crippen molar-refractivity contribution in [2.45, 2.75) is 0 Å². The van der Waals surface area contributed by atoms with Gasteiger partial charge in [-0.3, -0.25) is 14.8 Å².